The maximum absolute atomic E-state index is 11.8. The molecular weight excluding hydrogens is 234 g/mol. The van der Waals surface area contributed by atoms with E-state index in [4.69, 9.17) is 5.11 Å². The zero-order chi connectivity index (χ0) is 13.7. The fourth-order valence-electron chi connectivity index (χ4n) is 1.40. The van der Waals surface area contributed by atoms with Crippen molar-refractivity contribution in [1.82, 2.24) is 9.88 Å². The summed E-state index contributed by atoms with van der Waals surface area (Å²) in [5.41, 5.74) is 1.34. The number of anilines is 1. The van der Waals surface area contributed by atoms with Crippen molar-refractivity contribution in [3.8, 4) is 0 Å². The number of aryl methyl sites for hydroxylation is 1. The number of aromatic nitrogens is 1. The van der Waals surface area contributed by atoms with Gasteiger partial charge >= 0.3 is 12.0 Å². The molecule has 1 aromatic heterocycles. The van der Waals surface area contributed by atoms with Gasteiger partial charge in [0.25, 0.3) is 0 Å². The molecule has 0 aliphatic rings. The summed E-state index contributed by atoms with van der Waals surface area (Å²) in [4.78, 5) is 27.9. The van der Waals surface area contributed by atoms with Crippen LogP contribution in [0.1, 0.15) is 12.6 Å². The maximum atomic E-state index is 11.8. The molecule has 0 aliphatic heterocycles. The highest BCUT2D eigenvalue weighted by molar-refractivity contribution is 5.89. The molecule has 0 bridgehead atoms. The Bertz CT molecular complexity index is 448. The van der Waals surface area contributed by atoms with Crippen molar-refractivity contribution in [3.63, 3.8) is 0 Å². The molecule has 6 heteroatoms. The minimum Gasteiger partial charge on any atom is -0.481 e. The lowest BCUT2D eigenvalue weighted by Gasteiger charge is -2.20. The number of hydrogen-bond acceptors (Lipinski definition) is 3. The predicted octanol–water partition coefficient (Wildman–Crippen LogP) is 1.57. The van der Waals surface area contributed by atoms with Gasteiger partial charge in [-0.05, 0) is 19.1 Å². The minimum absolute atomic E-state index is 0.153. The Kier molecular flexibility index (Phi) is 4.65. The summed E-state index contributed by atoms with van der Waals surface area (Å²) in [6, 6.07) is 3.12. The van der Waals surface area contributed by atoms with Crippen LogP contribution in [0.15, 0.2) is 18.3 Å². The van der Waals surface area contributed by atoms with Gasteiger partial charge in [0, 0.05) is 19.8 Å². The van der Waals surface area contributed by atoms with Crippen LogP contribution < -0.4 is 5.32 Å². The van der Waals surface area contributed by atoms with Crippen molar-refractivity contribution in [2.75, 3.05) is 18.9 Å². The number of pyridine rings is 1. The first-order valence-electron chi connectivity index (χ1n) is 5.58. The number of carboxylic acids is 1. The first kappa shape index (κ1) is 14.0. The molecule has 1 rings (SSSR count). The van der Waals surface area contributed by atoms with Gasteiger partial charge in [-0.15, -0.1) is 0 Å². The van der Waals surface area contributed by atoms with Crippen LogP contribution in [0.2, 0.25) is 0 Å². The molecule has 0 aliphatic carbocycles. The molecule has 6 nitrogen and oxygen atoms in total. The molecule has 1 heterocycles. The van der Waals surface area contributed by atoms with Gasteiger partial charge in [0.2, 0.25) is 0 Å². The molecule has 1 atom stereocenters. The molecule has 1 unspecified atom stereocenters. The lowest BCUT2D eigenvalue weighted by atomic mass is 10.2. The van der Waals surface area contributed by atoms with Gasteiger partial charge in [-0.2, -0.15) is 0 Å². The molecule has 98 valence electrons. The Morgan fingerprint density at radius 1 is 1.56 bits per heavy atom. The smallest absolute Gasteiger partial charge is 0.321 e. The van der Waals surface area contributed by atoms with Gasteiger partial charge in [-0.1, -0.05) is 6.92 Å². The Balaban J connectivity index is 2.61. The highest BCUT2D eigenvalue weighted by atomic mass is 16.4. The number of carbonyl (C=O) groups excluding carboxylic acids is 1. The maximum Gasteiger partial charge on any atom is 0.321 e. The van der Waals surface area contributed by atoms with E-state index in [2.05, 4.69) is 10.3 Å². The quantitative estimate of drug-likeness (QED) is 0.851. The average molecular weight is 251 g/mol. The number of hydrogen-bond donors (Lipinski definition) is 2. The Labute approximate surface area is 106 Å². The van der Waals surface area contributed by atoms with Crippen LogP contribution in [0.4, 0.5) is 10.5 Å². The second-order valence-electron chi connectivity index (χ2n) is 4.19. The van der Waals surface area contributed by atoms with E-state index in [9.17, 15) is 9.59 Å². The molecule has 0 aromatic carbocycles. The van der Waals surface area contributed by atoms with Crippen molar-refractivity contribution in [2.45, 2.75) is 13.8 Å². The highest BCUT2D eigenvalue weighted by Gasteiger charge is 2.17. The summed E-state index contributed by atoms with van der Waals surface area (Å²) in [6.07, 6.45) is 1.64. The van der Waals surface area contributed by atoms with Gasteiger partial charge in [0.1, 0.15) is 0 Å². The van der Waals surface area contributed by atoms with Crippen LogP contribution in [-0.4, -0.2) is 40.6 Å². The zero-order valence-electron chi connectivity index (χ0n) is 10.7. The summed E-state index contributed by atoms with van der Waals surface area (Å²) in [6.45, 7) is 3.50. The SMILES string of the molecule is Cc1ncccc1NC(=O)N(C)CC(C)C(=O)O. The molecule has 0 fully saturated rings. The van der Waals surface area contributed by atoms with E-state index in [-0.39, 0.29) is 12.6 Å². The first-order valence-corrected chi connectivity index (χ1v) is 5.58. The van der Waals surface area contributed by atoms with E-state index in [1.54, 1.807) is 39.2 Å². The van der Waals surface area contributed by atoms with Crippen LogP contribution in [0.5, 0.6) is 0 Å². The van der Waals surface area contributed by atoms with E-state index < -0.39 is 11.9 Å². The molecule has 0 saturated carbocycles. The third-order valence-corrected chi connectivity index (χ3v) is 2.56. The van der Waals surface area contributed by atoms with Crippen molar-refractivity contribution in [3.05, 3.63) is 24.0 Å². The van der Waals surface area contributed by atoms with E-state index in [1.807, 2.05) is 0 Å². The molecular formula is C12H17N3O3. The molecule has 2 amide bonds. The topological polar surface area (TPSA) is 82.5 Å². The van der Waals surface area contributed by atoms with Crippen molar-refractivity contribution in [2.24, 2.45) is 5.92 Å². The van der Waals surface area contributed by atoms with Gasteiger partial charge in [0.15, 0.2) is 0 Å². The molecule has 1 aromatic rings. The van der Waals surface area contributed by atoms with Crippen LogP contribution in [-0.2, 0) is 4.79 Å². The largest absolute Gasteiger partial charge is 0.481 e. The second kappa shape index (κ2) is 6.00. The number of carboxylic acid groups (broad SMARTS) is 1. The lowest BCUT2D eigenvalue weighted by molar-refractivity contribution is -0.141. The van der Waals surface area contributed by atoms with Gasteiger partial charge in [0.05, 0.1) is 17.3 Å². The van der Waals surface area contributed by atoms with Crippen molar-refractivity contribution >= 4 is 17.7 Å². The summed E-state index contributed by atoms with van der Waals surface area (Å²) < 4.78 is 0. The molecule has 0 saturated heterocycles. The highest BCUT2D eigenvalue weighted by Crippen LogP contribution is 2.11. The Morgan fingerprint density at radius 3 is 2.78 bits per heavy atom. The van der Waals surface area contributed by atoms with Crippen molar-refractivity contribution in [1.29, 1.82) is 0 Å². The lowest BCUT2D eigenvalue weighted by Crippen LogP contribution is -2.36. The third-order valence-electron chi connectivity index (χ3n) is 2.56. The van der Waals surface area contributed by atoms with Crippen LogP contribution >= 0.6 is 0 Å². The normalized spacial score (nSPS) is 11.7. The van der Waals surface area contributed by atoms with Crippen LogP contribution in [0.3, 0.4) is 0 Å². The zero-order valence-corrected chi connectivity index (χ0v) is 10.7. The molecule has 0 radical (unpaired) electrons. The third kappa shape index (κ3) is 3.73. The molecule has 2 N–H and O–H groups in total. The van der Waals surface area contributed by atoms with E-state index in [0.29, 0.717) is 11.4 Å². The van der Waals surface area contributed by atoms with Gasteiger partial charge < -0.3 is 15.3 Å². The number of nitrogens with one attached hydrogen (secondary N) is 1. The fraction of sp³-hybridized carbons (Fsp3) is 0.417. The number of amides is 2. The number of aliphatic carboxylic acids is 1. The summed E-state index contributed by atoms with van der Waals surface area (Å²) in [5.74, 6) is -1.53. The first-order chi connectivity index (χ1) is 8.41. The van der Waals surface area contributed by atoms with E-state index in [0.717, 1.165) is 0 Å². The van der Waals surface area contributed by atoms with E-state index >= 15 is 0 Å². The number of nitrogens with zero attached hydrogens (tertiary/aromatic N) is 2. The monoisotopic (exact) mass is 251 g/mol. The minimum atomic E-state index is -0.924. The van der Waals surface area contributed by atoms with Crippen LogP contribution in [0.25, 0.3) is 0 Å². The summed E-state index contributed by atoms with van der Waals surface area (Å²) in [7, 11) is 1.56. The number of rotatable bonds is 4. The van der Waals surface area contributed by atoms with E-state index in [1.165, 1.54) is 4.90 Å². The average Bonchev–Trinajstić information content (AvgIpc) is 2.31. The number of carbonyl (C=O) groups is 2. The molecule has 18 heavy (non-hydrogen) atoms. The standard InChI is InChI=1S/C12H17N3O3/c1-8(11(16)17)7-15(3)12(18)14-10-5-4-6-13-9(10)2/h4-6,8H,7H2,1-3H3,(H,14,18)(H,16,17). The van der Waals surface area contributed by atoms with Crippen LogP contribution in [0, 0.1) is 12.8 Å². The summed E-state index contributed by atoms with van der Waals surface area (Å²) >= 11 is 0. The summed E-state index contributed by atoms with van der Waals surface area (Å²) in [5, 5.41) is 11.5. The Hall–Kier alpha value is -2.11. The second-order valence-corrected chi connectivity index (χ2v) is 4.19. The number of urea groups is 1. The van der Waals surface area contributed by atoms with Gasteiger partial charge in [-0.25, -0.2) is 4.79 Å². The fourth-order valence-corrected chi connectivity index (χ4v) is 1.40. The van der Waals surface area contributed by atoms with Gasteiger partial charge in [-0.3, -0.25) is 9.78 Å². The van der Waals surface area contributed by atoms with Crippen molar-refractivity contribution < 1.29 is 14.7 Å². The predicted molar refractivity (Wildman–Crippen MR) is 67.4 cm³/mol. The Morgan fingerprint density at radius 2 is 2.22 bits per heavy atom. The molecule has 0 spiro atoms.